The molecule has 1 amide bonds. The van der Waals surface area contributed by atoms with E-state index in [0.717, 1.165) is 31.3 Å². The summed E-state index contributed by atoms with van der Waals surface area (Å²) in [7, 11) is 0. The second-order valence-electron chi connectivity index (χ2n) is 7.86. The molecule has 1 unspecified atom stereocenters. The number of hydrogen-bond acceptors (Lipinski definition) is 3. The van der Waals surface area contributed by atoms with Gasteiger partial charge in [-0.25, -0.2) is 0 Å². The molecule has 0 aromatic heterocycles. The van der Waals surface area contributed by atoms with Crippen LogP contribution in [0.1, 0.15) is 46.0 Å². The van der Waals surface area contributed by atoms with E-state index in [1.54, 1.807) is 0 Å². The summed E-state index contributed by atoms with van der Waals surface area (Å²) < 4.78 is 0. The quantitative estimate of drug-likeness (QED) is 0.813. The van der Waals surface area contributed by atoms with Gasteiger partial charge in [-0.15, -0.1) is 12.4 Å². The van der Waals surface area contributed by atoms with Gasteiger partial charge in [-0.1, -0.05) is 13.8 Å². The first-order valence-electron chi connectivity index (χ1n) is 8.23. The van der Waals surface area contributed by atoms with E-state index in [-0.39, 0.29) is 29.8 Å². The summed E-state index contributed by atoms with van der Waals surface area (Å²) in [5, 5.41) is 3.31. The number of nitrogens with two attached hydrogens (primary N) is 1. The lowest BCUT2D eigenvalue weighted by Crippen LogP contribution is -2.54. The van der Waals surface area contributed by atoms with Gasteiger partial charge in [-0.05, 0) is 49.4 Å². The third-order valence-electron chi connectivity index (χ3n) is 5.35. The number of carbonyl (C=O) groups excluding carboxylic acids is 1. The van der Waals surface area contributed by atoms with Gasteiger partial charge in [0.25, 0.3) is 0 Å². The normalized spacial score (nSPS) is 29.0. The summed E-state index contributed by atoms with van der Waals surface area (Å²) >= 11 is 0. The first-order chi connectivity index (χ1) is 9.45. The molecule has 1 heterocycles. The molecule has 1 saturated heterocycles. The van der Waals surface area contributed by atoms with Gasteiger partial charge in [0.2, 0.25) is 5.91 Å². The summed E-state index contributed by atoms with van der Waals surface area (Å²) in [6.45, 7) is 6.85. The Kier molecular flexibility index (Phi) is 5.22. The molecule has 3 N–H and O–H groups in total. The first-order valence-corrected chi connectivity index (χ1v) is 8.23. The predicted octanol–water partition coefficient (Wildman–Crippen LogP) is 1.77. The molecule has 2 aliphatic carbocycles. The molecule has 2 saturated carbocycles. The van der Waals surface area contributed by atoms with E-state index in [2.05, 4.69) is 24.1 Å². The van der Waals surface area contributed by atoms with Crippen molar-refractivity contribution < 1.29 is 4.79 Å². The van der Waals surface area contributed by atoms with Crippen LogP contribution in [-0.4, -0.2) is 42.5 Å². The zero-order valence-electron chi connectivity index (χ0n) is 13.3. The van der Waals surface area contributed by atoms with Crippen molar-refractivity contribution in [2.75, 3.05) is 19.6 Å². The highest BCUT2D eigenvalue weighted by molar-refractivity contribution is 5.85. The van der Waals surface area contributed by atoms with E-state index in [9.17, 15) is 4.79 Å². The third-order valence-corrected chi connectivity index (χ3v) is 5.35. The first kappa shape index (κ1) is 17.0. The average molecular weight is 316 g/mol. The fourth-order valence-electron chi connectivity index (χ4n) is 3.59. The molecule has 1 atom stereocenters. The monoisotopic (exact) mass is 315 g/mol. The maximum absolute atomic E-state index is 12.3. The molecule has 3 aliphatic rings. The Morgan fingerprint density at radius 2 is 1.81 bits per heavy atom. The van der Waals surface area contributed by atoms with Crippen molar-refractivity contribution in [2.45, 2.75) is 58.0 Å². The second kappa shape index (κ2) is 6.43. The van der Waals surface area contributed by atoms with Crippen LogP contribution in [0.2, 0.25) is 0 Å². The number of amides is 1. The number of nitrogens with zero attached hydrogens (tertiary/aromatic N) is 1. The molecule has 4 nitrogen and oxygen atoms in total. The Bertz CT molecular complexity index is 368. The van der Waals surface area contributed by atoms with Gasteiger partial charge in [0.05, 0.1) is 6.54 Å². The van der Waals surface area contributed by atoms with Crippen molar-refractivity contribution in [2.24, 2.45) is 23.0 Å². The number of likely N-dealkylation sites (tertiary alicyclic amines) is 1. The van der Waals surface area contributed by atoms with E-state index in [1.807, 2.05) is 0 Å². The molecule has 0 bridgehead atoms. The van der Waals surface area contributed by atoms with Crippen molar-refractivity contribution in [3.63, 3.8) is 0 Å². The van der Waals surface area contributed by atoms with Gasteiger partial charge in [-0.3, -0.25) is 9.69 Å². The highest BCUT2D eigenvalue weighted by Gasteiger charge is 2.42. The van der Waals surface area contributed by atoms with Crippen molar-refractivity contribution in [1.82, 2.24) is 10.2 Å². The largest absolute Gasteiger partial charge is 0.352 e. The van der Waals surface area contributed by atoms with Crippen molar-refractivity contribution in [3.05, 3.63) is 0 Å². The standard InChI is InChI=1S/C16H29N3O.ClH/c1-16(2)10-19(8-7-13(16)17)9-14(20)18-15(11-3-4-11)12-5-6-12;/h11-13,15H,3-10,17H2,1-2H3,(H,18,20);1H. The Balaban J connectivity index is 0.00000161. The maximum Gasteiger partial charge on any atom is 0.234 e. The van der Waals surface area contributed by atoms with E-state index in [1.165, 1.54) is 25.7 Å². The van der Waals surface area contributed by atoms with Crippen LogP contribution in [-0.2, 0) is 4.79 Å². The number of hydrogen-bond donors (Lipinski definition) is 2. The highest BCUT2D eigenvalue weighted by atomic mass is 35.5. The van der Waals surface area contributed by atoms with Crippen LogP contribution in [0.3, 0.4) is 0 Å². The Hall–Kier alpha value is -0.320. The fourth-order valence-corrected chi connectivity index (χ4v) is 3.59. The molecular weight excluding hydrogens is 286 g/mol. The molecule has 0 aromatic carbocycles. The van der Waals surface area contributed by atoms with Crippen LogP contribution in [0.5, 0.6) is 0 Å². The van der Waals surface area contributed by atoms with Crippen LogP contribution < -0.4 is 11.1 Å². The molecular formula is C16H30ClN3O. The molecule has 1 aliphatic heterocycles. The number of halogens is 1. The minimum absolute atomic E-state index is 0. The molecule has 0 radical (unpaired) electrons. The van der Waals surface area contributed by atoms with Crippen LogP contribution in [0.25, 0.3) is 0 Å². The number of rotatable bonds is 5. The fraction of sp³-hybridized carbons (Fsp3) is 0.938. The molecule has 3 rings (SSSR count). The predicted molar refractivity (Wildman–Crippen MR) is 87.4 cm³/mol. The SMILES string of the molecule is CC1(C)CN(CC(=O)NC(C2CC2)C2CC2)CCC1N.Cl. The second-order valence-corrected chi connectivity index (χ2v) is 7.86. The van der Waals surface area contributed by atoms with Crippen LogP contribution in [0, 0.1) is 17.3 Å². The summed E-state index contributed by atoms with van der Waals surface area (Å²) in [6, 6.07) is 0.732. The molecule has 0 spiro atoms. The molecule has 122 valence electrons. The zero-order chi connectivity index (χ0) is 14.3. The Labute approximate surface area is 134 Å². The van der Waals surface area contributed by atoms with Crippen molar-refractivity contribution in [3.8, 4) is 0 Å². The van der Waals surface area contributed by atoms with Gasteiger partial charge in [-0.2, -0.15) is 0 Å². The van der Waals surface area contributed by atoms with Crippen LogP contribution in [0.15, 0.2) is 0 Å². The number of nitrogens with one attached hydrogen (secondary N) is 1. The number of piperidine rings is 1. The number of carbonyl (C=O) groups is 1. The third kappa shape index (κ3) is 4.33. The smallest absolute Gasteiger partial charge is 0.234 e. The molecule has 0 aromatic rings. The lowest BCUT2D eigenvalue weighted by molar-refractivity contribution is -0.124. The molecule has 5 heteroatoms. The maximum atomic E-state index is 12.3. The highest BCUT2D eigenvalue weighted by Crippen LogP contribution is 2.44. The van der Waals surface area contributed by atoms with Gasteiger partial charge < -0.3 is 11.1 Å². The minimum Gasteiger partial charge on any atom is -0.352 e. The van der Waals surface area contributed by atoms with Gasteiger partial charge in [0, 0.05) is 25.2 Å². The van der Waals surface area contributed by atoms with Crippen LogP contribution in [0.4, 0.5) is 0 Å². The van der Waals surface area contributed by atoms with Gasteiger partial charge in [0.1, 0.15) is 0 Å². The zero-order valence-corrected chi connectivity index (χ0v) is 14.1. The summed E-state index contributed by atoms with van der Waals surface area (Å²) in [6.07, 6.45) is 6.25. The Morgan fingerprint density at radius 1 is 1.24 bits per heavy atom. The Morgan fingerprint density at radius 3 is 2.29 bits per heavy atom. The van der Waals surface area contributed by atoms with E-state index in [4.69, 9.17) is 5.73 Å². The summed E-state index contributed by atoms with van der Waals surface area (Å²) in [5.41, 5.74) is 6.27. The van der Waals surface area contributed by atoms with Gasteiger partial charge >= 0.3 is 0 Å². The van der Waals surface area contributed by atoms with Gasteiger partial charge in [0.15, 0.2) is 0 Å². The minimum atomic E-state index is 0. The van der Waals surface area contributed by atoms with E-state index >= 15 is 0 Å². The topological polar surface area (TPSA) is 58.4 Å². The van der Waals surface area contributed by atoms with E-state index in [0.29, 0.717) is 12.6 Å². The molecule has 3 fully saturated rings. The molecule has 21 heavy (non-hydrogen) atoms. The van der Waals surface area contributed by atoms with Crippen molar-refractivity contribution >= 4 is 18.3 Å². The van der Waals surface area contributed by atoms with Crippen molar-refractivity contribution in [1.29, 1.82) is 0 Å². The average Bonchev–Trinajstić information content (AvgIpc) is 3.25. The lowest BCUT2D eigenvalue weighted by atomic mass is 9.80. The summed E-state index contributed by atoms with van der Waals surface area (Å²) in [4.78, 5) is 14.6. The van der Waals surface area contributed by atoms with E-state index < -0.39 is 0 Å². The van der Waals surface area contributed by atoms with Crippen LogP contribution >= 0.6 is 12.4 Å². The lowest BCUT2D eigenvalue weighted by Gasteiger charge is -2.42. The summed E-state index contributed by atoms with van der Waals surface area (Å²) in [5.74, 6) is 1.77.